The molecule has 0 aromatic heterocycles. The Labute approximate surface area is 115 Å². The Bertz CT molecular complexity index is 403. The summed E-state index contributed by atoms with van der Waals surface area (Å²) in [6.45, 7) is 2.53. The van der Waals surface area contributed by atoms with E-state index in [-0.39, 0.29) is 0 Å². The van der Waals surface area contributed by atoms with Crippen molar-refractivity contribution < 1.29 is 19.1 Å². The van der Waals surface area contributed by atoms with Gasteiger partial charge in [0, 0.05) is 23.8 Å². The van der Waals surface area contributed by atoms with E-state index in [1.165, 1.54) is 25.6 Å². The lowest BCUT2D eigenvalue weighted by molar-refractivity contribution is -0.180. The van der Waals surface area contributed by atoms with Gasteiger partial charge < -0.3 is 9.47 Å². The van der Waals surface area contributed by atoms with Crippen LogP contribution in [0.2, 0.25) is 5.02 Å². The fourth-order valence-corrected chi connectivity index (χ4v) is 2.08. The van der Waals surface area contributed by atoms with Crippen molar-refractivity contribution in [2.24, 2.45) is 0 Å². The zero-order chi connectivity index (χ0) is 13.5. The Balaban J connectivity index is 2.52. The van der Waals surface area contributed by atoms with Crippen LogP contribution in [-0.4, -0.2) is 24.0 Å². The predicted octanol–water partition coefficient (Wildman–Crippen LogP) is 2.88. The topological polar surface area (TPSA) is 52.6 Å². The van der Waals surface area contributed by atoms with Crippen molar-refractivity contribution in [1.82, 2.24) is 0 Å². The summed E-state index contributed by atoms with van der Waals surface area (Å²) in [5.74, 6) is -0.642. The van der Waals surface area contributed by atoms with Crippen molar-refractivity contribution in [3.63, 3.8) is 0 Å². The van der Waals surface area contributed by atoms with Crippen molar-refractivity contribution in [2.45, 2.75) is 25.0 Å². The molecule has 6 heteroatoms. The third-order valence-corrected chi connectivity index (χ3v) is 3.09. The summed E-state index contributed by atoms with van der Waals surface area (Å²) in [6, 6.07) is 7.20. The molecular formula is C12H13ClO4S. The highest BCUT2D eigenvalue weighted by Gasteiger charge is 2.15. The lowest BCUT2D eigenvalue weighted by Crippen LogP contribution is -2.24. The number of carbonyl (C=O) groups excluding carboxylic acids is 2. The molecule has 0 fully saturated rings. The van der Waals surface area contributed by atoms with E-state index >= 15 is 0 Å². The Morgan fingerprint density at radius 1 is 1.17 bits per heavy atom. The number of hydrogen-bond acceptors (Lipinski definition) is 5. The highest BCUT2D eigenvalue weighted by Crippen LogP contribution is 2.22. The molecule has 0 N–H and O–H groups in total. The van der Waals surface area contributed by atoms with Gasteiger partial charge in [0.15, 0.2) is 0 Å². The predicted molar refractivity (Wildman–Crippen MR) is 69.5 cm³/mol. The monoisotopic (exact) mass is 288 g/mol. The molecule has 0 atom stereocenters. The number of carbonyl (C=O) groups is 2. The fraction of sp³-hybridized carbons (Fsp3) is 0.333. The molecule has 0 amide bonds. The van der Waals surface area contributed by atoms with Gasteiger partial charge in [-0.25, -0.2) is 0 Å². The lowest BCUT2D eigenvalue weighted by atomic mass is 10.4. The van der Waals surface area contributed by atoms with Gasteiger partial charge in [0.1, 0.15) is 0 Å². The van der Waals surface area contributed by atoms with Crippen LogP contribution in [0.4, 0.5) is 0 Å². The van der Waals surface area contributed by atoms with Crippen molar-refractivity contribution in [3.8, 4) is 0 Å². The molecule has 0 spiro atoms. The zero-order valence-electron chi connectivity index (χ0n) is 10.0. The first kappa shape index (κ1) is 14.9. The molecule has 18 heavy (non-hydrogen) atoms. The Morgan fingerprint density at radius 2 is 1.67 bits per heavy atom. The molecular weight excluding hydrogens is 276 g/mol. The normalized spacial score (nSPS) is 10.2. The second kappa shape index (κ2) is 7.28. The Hall–Kier alpha value is -1.20. The number of halogens is 1. The molecule has 4 nitrogen and oxygen atoms in total. The maximum atomic E-state index is 10.9. The molecule has 1 aromatic carbocycles. The lowest BCUT2D eigenvalue weighted by Gasteiger charge is -2.16. The number of benzene rings is 1. The standard InChI is InChI=1S/C12H13ClO4S/c1-8(14)16-12(17-9(2)15)7-18-11-5-3-10(13)4-6-11/h3-6,12H,7H2,1-2H3. The summed E-state index contributed by atoms with van der Waals surface area (Å²) in [6.07, 6.45) is -0.874. The minimum atomic E-state index is -0.874. The van der Waals surface area contributed by atoms with E-state index < -0.39 is 18.2 Å². The Kier molecular flexibility index (Phi) is 6.01. The fourth-order valence-electron chi connectivity index (χ4n) is 1.16. The second-order valence-corrected chi connectivity index (χ2v) is 4.94. The maximum Gasteiger partial charge on any atom is 0.305 e. The van der Waals surface area contributed by atoms with Gasteiger partial charge in [0.25, 0.3) is 6.29 Å². The third-order valence-electron chi connectivity index (χ3n) is 1.79. The smallest absolute Gasteiger partial charge is 0.305 e. The minimum absolute atomic E-state index is 0.334. The number of ether oxygens (including phenoxy) is 2. The van der Waals surface area contributed by atoms with Gasteiger partial charge in [-0.2, -0.15) is 0 Å². The summed E-state index contributed by atoms with van der Waals surface area (Å²) in [7, 11) is 0. The molecule has 0 aliphatic heterocycles. The minimum Gasteiger partial charge on any atom is -0.424 e. The van der Waals surface area contributed by atoms with E-state index in [1.807, 2.05) is 12.1 Å². The largest absolute Gasteiger partial charge is 0.424 e. The van der Waals surface area contributed by atoms with Crippen LogP contribution in [-0.2, 0) is 19.1 Å². The van der Waals surface area contributed by atoms with Crippen LogP contribution >= 0.6 is 23.4 Å². The van der Waals surface area contributed by atoms with Gasteiger partial charge in [-0.1, -0.05) is 11.6 Å². The highest BCUT2D eigenvalue weighted by atomic mass is 35.5. The molecule has 0 saturated heterocycles. The van der Waals surface area contributed by atoms with Gasteiger partial charge in [-0.05, 0) is 24.3 Å². The van der Waals surface area contributed by atoms with Gasteiger partial charge in [-0.15, -0.1) is 11.8 Å². The van der Waals surface area contributed by atoms with Crippen LogP contribution in [0.25, 0.3) is 0 Å². The summed E-state index contributed by atoms with van der Waals surface area (Å²) in [5.41, 5.74) is 0. The van der Waals surface area contributed by atoms with E-state index in [9.17, 15) is 9.59 Å². The van der Waals surface area contributed by atoms with E-state index in [4.69, 9.17) is 21.1 Å². The molecule has 0 unspecified atom stereocenters. The first-order chi connectivity index (χ1) is 8.47. The maximum absolute atomic E-state index is 10.9. The second-order valence-electron chi connectivity index (χ2n) is 3.41. The van der Waals surface area contributed by atoms with E-state index in [0.717, 1.165) is 4.90 Å². The van der Waals surface area contributed by atoms with E-state index in [0.29, 0.717) is 10.8 Å². The molecule has 0 aliphatic carbocycles. The summed E-state index contributed by atoms with van der Waals surface area (Å²) in [5, 5.41) is 0.649. The summed E-state index contributed by atoms with van der Waals surface area (Å²) < 4.78 is 9.76. The number of thioether (sulfide) groups is 1. The van der Waals surface area contributed by atoms with Gasteiger partial charge in [0.2, 0.25) is 0 Å². The first-order valence-electron chi connectivity index (χ1n) is 5.20. The highest BCUT2D eigenvalue weighted by molar-refractivity contribution is 7.99. The number of hydrogen-bond donors (Lipinski definition) is 0. The molecule has 1 rings (SSSR count). The van der Waals surface area contributed by atoms with Gasteiger partial charge >= 0.3 is 11.9 Å². The van der Waals surface area contributed by atoms with Crippen molar-refractivity contribution in [3.05, 3.63) is 29.3 Å². The quantitative estimate of drug-likeness (QED) is 0.474. The SMILES string of the molecule is CC(=O)OC(CSc1ccc(Cl)cc1)OC(C)=O. The Morgan fingerprint density at radius 3 is 2.11 bits per heavy atom. The molecule has 0 bridgehead atoms. The van der Waals surface area contributed by atoms with Crippen molar-refractivity contribution in [2.75, 3.05) is 5.75 Å². The zero-order valence-corrected chi connectivity index (χ0v) is 11.6. The van der Waals surface area contributed by atoms with Crippen LogP contribution < -0.4 is 0 Å². The molecule has 98 valence electrons. The van der Waals surface area contributed by atoms with Crippen molar-refractivity contribution >= 4 is 35.3 Å². The average molecular weight is 289 g/mol. The summed E-state index contributed by atoms with van der Waals surface area (Å²) in [4.78, 5) is 22.7. The third kappa shape index (κ3) is 5.93. The number of esters is 2. The summed E-state index contributed by atoms with van der Waals surface area (Å²) >= 11 is 7.17. The van der Waals surface area contributed by atoms with Crippen LogP contribution in [0.3, 0.4) is 0 Å². The first-order valence-corrected chi connectivity index (χ1v) is 6.56. The van der Waals surface area contributed by atoms with Crippen LogP contribution in [0, 0.1) is 0 Å². The van der Waals surface area contributed by atoms with Gasteiger partial charge in [-0.3, -0.25) is 9.59 Å². The van der Waals surface area contributed by atoms with Gasteiger partial charge in [0.05, 0.1) is 5.75 Å². The molecule has 1 aromatic rings. The molecule has 0 aliphatic rings. The van der Waals surface area contributed by atoms with Crippen LogP contribution in [0.5, 0.6) is 0 Å². The molecule has 0 heterocycles. The number of rotatable bonds is 5. The molecule has 0 radical (unpaired) electrons. The van der Waals surface area contributed by atoms with Crippen LogP contribution in [0.1, 0.15) is 13.8 Å². The van der Waals surface area contributed by atoms with Crippen molar-refractivity contribution in [1.29, 1.82) is 0 Å². The molecule has 0 saturated carbocycles. The average Bonchev–Trinajstić information content (AvgIpc) is 2.26. The van der Waals surface area contributed by atoms with E-state index in [1.54, 1.807) is 12.1 Å². The van der Waals surface area contributed by atoms with Crippen LogP contribution in [0.15, 0.2) is 29.2 Å². The van der Waals surface area contributed by atoms with E-state index in [2.05, 4.69) is 0 Å².